The van der Waals surface area contributed by atoms with Crippen molar-refractivity contribution in [2.45, 2.75) is 17.9 Å². The second kappa shape index (κ2) is 7.63. The first-order valence-corrected chi connectivity index (χ1v) is 8.68. The van der Waals surface area contributed by atoms with Crippen molar-refractivity contribution in [1.29, 1.82) is 0 Å². The van der Waals surface area contributed by atoms with Gasteiger partial charge in [-0.25, -0.2) is 9.37 Å². The monoisotopic (exact) mass is 346 g/mol. The fraction of sp³-hybridized carbons (Fsp3) is 0.294. The number of carbonyl (C=O) groups is 1. The summed E-state index contributed by atoms with van der Waals surface area (Å²) in [7, 11) is 0. The number of halogens is 1. The zero-order chi connectivity index (χ0) is 16.9. The van der Waals surface area contributed by atoms with E-state index < -0.39 is 0 Å². The summed E-state index contributed by atoms with van der Waals surface area (Å²) in [6.07, 6.45) is 3.25. The molecule has 0 aliphatic carbocycles. The molecular formula is C17H19FN4OS. The van der Waals surface area contributed by atoms with Crippen LogP contribution in [0.1, 0.15) is 12.8 Å². The van der Waals surface area contributed by atoms with Crippen LogP contribution in [0.5, 0.6) is 0 Å². The van der Waals surface area contributed by atoms with Crippen LogP contribution in [0.25, 0.3) is 0 Å². The Morgan fingerprint density at radius 2 is 2.21 bits per heavy atom. The average Bonchev–Trinajstić information content (AvgIpc) is 2.62. The Kier molecular flexibility index (Phi) is 5.32. The first-order chi connectivity index (χ1) is 11.7. The summed E-state index contributed by atoms with van der Waals surface area (Å²) in [6, 6.07) is 10.1. The minimum absolute atomic E-state index is 0.0600. The number of benzene rings is 1. The summed E-state index contributed by atoms with van der Waals surface area (Å²) in [5.41, 5.74) is 1.23. The summed E-state index contributed by atoms with van der Waals surface area (Å²) in [5.74, 6) is -0.493. The maximum atomic E-state index is 14.0. The Balaban J connectivity index is 1.68. The lowest BCUT2D eigenvalue weighted by molar-refractivity contribution is -0.120. The van der Waals surface area contributed by atoms with E-state index in [0.29, 0.717) is 22.9 Å². The van der Waals surface area contributed by atoms with Gasteiger partial charge in [0.25, 0.3) is 0 Å². The molecule has 0 saturated carbocycles. The van der Waals surface area contributed by atoms with Crippen molar-refractivity contribution >= 4 is 29.2 Å². The first-order valence-electron chi connectivity index (χ1n) is 7.80. The summed E-state index contributed by atoms with van der Waals surface area (Å²) >= 11 is 1.03. The van der Waals surface area contributed by atoms with E-state index in [2.05, 4.69) is 10.3 Å². The molecule has 1 aliphatic rings. The number of pyridine rings is 1. The highest BCUT2D eigenvalue weighted by Gasteiger charge is 2.27. The number of hydrogen-bond donors (Lipinski definition) is 2. The van der Waals surface area contributed by atoms with Crippen molar-refractivity contribution in [2.24, 2.45) is 11.1 Å². The maximum absolute atomic E-state index is 14.0. The van der Waals surface area contributed by atoms with E-state index in [1.165, 1.54) is 6.07 Å². The highest BCUT2D eigenvalue weighted by molar-refractivity contribution is 7.97. The predicted octanol–water partition coefficient (Wildman–Crippen LogP) is 3.04. The Morgan fingerprint density at radius 1 is 1.38 bits per heavy atom. The van der Waals surface area contributed by atoms with Gasteiger partial charge in [0.15, 0.2) is 0 Å². The van der Waals surface area contributed by atoms with Gasteiger partial charge in [-0.2, -0.15) is 0 Å². The molecule has 1 aromatic carbocycles. The summed E-state index contributed by atoms with van der Waals surface area (Å²) in [4.78, 5) is 18.6. The Labute approximate surface area is 144 Å². The van der Waals surface area contributed by atoms with Gasteiger partial charge in [-0.1, -0.05) is 12.1 Å². The zero-order valence-corrected chi connectivity index (χ0v) is 13.9. The molecule has 3 rings (SSSR count). The maximum Gasteiger partial charge on any atom is 0.229 e. The van der Waals surface area contributed by atoms with E-state index in [-0.39, 0.29) is 17.6 Å². The van der Waals surface area contributed by atoms with Gasteiger partial charge >= 0.3 is 0 Å². The number of para-hydroxylation sites is 1. The van der Waals surface area contributed by atoms with Crippen molar-refractivity contribution in [1.82, 2.24) is 4.98 Å². The van der Waals surface area contributed by atoms with E-state index in [9.17, 15) is 9.18 Å². The van der Waals surface area contributed by atoms with Crippen molar-refractivity contribution in [2.75, 3.05) is 23.3 Å². The minimum Gasteiger partial charge on any atom is -0.368 e. The number of piperidine rings is 1. The van der Waals surface area contributed by atoms with Crippen LogP contribution < -0.4 is 15.4 Å². The van der Waals surface area contributed by atoms with Crippen LogP contribution in [0.2, 0.25) is 0 Å². The molecule has 24 heavy (non-hydrogen) atoms. The number of amides is 1. The summed E-state index contributed by atoms with van der Waals surface area (Å²) < 4.78 is 14.0. The quantitative estimate of drug-likeness (QED) is 0.833. The second-order valence-corrected chi connectivity index (χ2v) is 6.38. The topological polar surface area (TPSA) is 71.2 Å². The summed E-state index contributed by atoms with van der Waals surface area (Å²) in [5, 5.41) is 9.04. The number of carbonyl (C=O) groups excluding carboxylic acids is 1. The molecule has 0 bridgehead atoms. The predicted molar refractivity (Wildman–Crippen MR) is 94.2 cm³/mol. The third-order valence-electron chi connectivity index (χ3n) is 4.11. The molecule has 1 unspecified atom stereocenters. The van der Waals surface area contributed by atoms with Crippen LogP contribution in [-0.4, -0.2) is 24.0 Å². The molecule has 1 amide bonds. The molecule has 126 valence electrons. The Bertz CT molecular complexity index is 727. The molecule has 1 aliphatic heterocycles. The fourth-order valence-electron chi connectivity index (χ4n) is 2.91. The fourth-order valence-corrected chi connectivity index (χ4v) is 3.23. The lowest BCUT2D eigenvalue weighted by Gasteiger charge is -2.33. The number of nitrogens with two attached hydrogens (primary N) is 1. The lowest BCUT2D eigenvalue weighted by atomic mass is 9.96. The van der Waals surface area contributed by atoms with E-state index in [0.717, 1.165) is 31.3 Å². The molecular weight excluding hydrogens is 327 g/mol. The molecule has 1 fully saturated rings. The van der Waals surface area contributed by atoms with Gasteiger partial charge in [-0.3, -0.25) is 9.93 Å². The van der Waals surface area contributed by atoms with E-state index in [1.807, 2.05) is 11.0 Å². The van der Waals surface area contributed by atoms with Gasteiger partial charge in [-0.05, 0) is 49.1 Å². The number of rotatable bonds is 4. The summed E-state index contributed by atoms with van der Waals surface area (Å²) in [6.45, 7) is 1.27. The van der Waals surface area contributed by atoms with Crippen molar-refractivity contribution < 1.29 is 9.18 Å². The molecule has 1 aromatic heterocycles. The molecule has 0 radical (unpaired) electrons. The van der Waals surface area contributed by atoms with Gasteiger partial charge in [0, 0.05) is 25.0 Å². The first kappa shape index (κ1) is 16.7. The van der Waals surface area contributed by atoms with Crippen LogP contribution in [0.3, 0.4) is 0 Å². The second-order valence-electron chi connectivity index (χ2n) is 5.73. The lowest BCUT2D eigenvalue weighted by Crippen LogP contribution is -2.41. The molecule has 7 heteroatoms. The molecule has 3 N–H and O–H groups in total. The van der Waals surface area contributed by atoms with E-state index in [4.69, 9.17) is 5.14 Å². The van der Waals surface area contributed by atoms with Gasteiger partial charge < -0.3 is 10.2 Å². The Hall–Kier alpha value is -2.12. The molecule has 2 aromatic rings. The van der Waals surface area contributed by atoms with Crippen molar-refractivity contribution in [3.8, 4) is 0 Å². The molecule has 5 nitrogen and oxygen atoms in total. The third kappa shape index (κ3) is 3.85. The molecule has 2 heterocycles. The minimum atomic E-state index is -0.252. The van der Waals surface area contributed by atoms with Crippen LogP contribution >= 0.6 is 11.9 Å². The van der Waals surface area contributed by atoms with Crippen LogP contribution in [0, 0.1) is 11.7 Å². The number of aromatic nitrogens is 1. The highest BCUT2D eigenvalue weighted by atomic mass is 32.2. The smallest absolute Gasteiger partial charge is 0.229 e. The SMILES string of the molecule is NSc1cc(NC(=O)C2CCCN(c3ccccc3F)C2)ccn1. The van der Waals surface area contributed by atoms with Gasteiger partial charge in [0.05, 0.1) is 11.6 Å². The van der Waals surface area contributed by atoms with Crippen molar-refractivity contribution in [3.05, 3.63) is 48.4 Å². The normalized spacial score (nSPS) is 17.6. The number of hydrogen-bond acceptors (Lipinski definition) is 5. The van der Waals surface area contributed by atoms with Crippen LogP contribution in [0.15, 0.2) is 47.6 Å². The van der Waals surface area contributed by atoms with E-state index in [1.54, 1.807) is 30.5 Å². The largest absolute Gasteiger partial charge is 0.368 e. The van der Waals surface area contributed by atoms with Crippen LogP contribution in [0.4, 0.5) is 15.8 Å². The van der Waals surface area contributed by atoms with Crippen LogP contribution in [-0.2, 0) is 4.79 Å². The van der Waals surface area contributed by atoms with Gasteiger partial charge in [-0.15, -0.1) is 0 Å². The van der Waals surface area contributed by atoms with Gasteiger partial charge in [0.2, 0.25) is 5.91 Å². The number of nitrogens with zero attached hydrogens (tertiary/aromatic N) is 2. The molecule has 0 spiro atoms. The van der Waals surface area contributed by atoms with E-state index >= 15 is 0 Å². The zero-order valence-electron chi connectivity index (χ0n) is 13.1. The average molecular weight is 346 g/mol. The Morgan fingerprint density at radius 3 is 3.00 bits per heavy atom. The van der Waals surface area contributed by atoms with Gasteiger partial charge in [0.1, 0.15) is 10.8 Å². The molecule has 1 atom stereocenters. The number of anilines is 2. The highest BCUT2D eigenvalue weighted by Crippen LogP contribution is 2.26. The molecule has 1 saturated heterocycles. The third-order valence-corrected chi connectivity index (χ3v) is 4.57. The number of nitrogens with one attached hydrogen (secondary N) is 1. The standard InChI is InChI=1S/C17H19FN4OS/c18-14-5-1-2-6-15(14)22-9-3-4-12(11-22)17(23)21-13-7-8-20-16(10-13)24-19/h1-2,5-8,10,12H,3-4,9,11,19H2,(H,20,21,23). The van der Waals surface area contributed by atoms with Crippen molar-refractivity contribution in [3.63, 3.8) is 0 Å².